The normalized spacial score (nSPS) is 28.4. The van der Waals surface area contributed by atoms with Gasteiger partial charge >= 0.3 is 0 Å². The zero-order valence-electron chi connectivity index (χ0n) is 6.59. The molecule has 4 nitrogen and oxygen atoms in total. The minimum Gasteiger partial charge on any atom is -0.359 e. The molecule has 1 atom stereocenters. The van der Waals surface area contributed by atoms with Crippen LogP contribution in [0.15, 0.2) is 0 Å². The van der Waals surface area contributed by atoms with Crippen LogP contribution in [0.4, 0.5) is 0 Å². The molecule has 11 heavy (non-hydrogen) atoms. The van der Waals surface area contributed by atoms with E-state index in [0.29, 0.717) is 6.29 Å². The molecule has 0 aromatic carbocycles. The average molecular weight is 157 g/mol. The van der Waals surface area contributed by atoms with Gasteiger partial charge in [0.15, 0.2) is 6.29 Å². The number of hydrogen-bond donors (Lipinski definition) is 1. The van der Waals surface area contributed by atoms with Gasteiger partial charge in [-0.1, -0.05) is 0 Å². The third-order valence-electron chi connectivity index (χ3n) is 1.59. The highest BCUT2D eigenvalue weighted by Gasteiger charge is 2.34. The topological polar surface area (TPSA) is 55.4 Å². The van der Waals surface area contributed by atoms with Crippen molar-refractivity contribution in [3.8, 4) is 0 Å². The summed E-state index contributed by atoms with van der Waals surface area (Å²) in [6.07, 6.45) is 0.322. The van der Waals surface area contributed by atoms with E-state index in [-0.39, 0.29) is 6.61 Å². The standard InChI is InChI=1S/C7H11NO3/c1-7(2)8-5(4-11-7)6(10)3-9/h3,5,8H,4H2,1-2H3. The van der Waals surface area contributed by atoms with E-state index in [9.17, 15) is 9.59 Å². The third kappa shape index (κ3) is 1.85. The minimum atomic E-state index is -0.483. The lowest BCUT2D eigenvalue weighted by atomic mass is 10.2. The molecule has 4 heteroatoms. The maximum atomic E-state index is 10.8. The van der Waals surface area contributed by atoms with Crippen molar-refractivity contribution in [3.63, 3.8) is 0 Å². The molecule has 0 bridgehead atoms. The quantitative estimate of drug-likeness (QED) is 0.433. The number of nitrogens with one attached hydrogen (secondary N) is 1. The smallest absolute Gasteiger partial charge is 0.214 e. The Kier molecular flexibility index (Phi) is 2.06. The molecule has 0 aromatic rings. The van der Waals surface area contributed by atoms with Gasteiger partial charge in [0.2, 0.25) is 5.78 Å². The summed E-state index contributed by atoms with van der Waals surface area (Å²) in [5, 5.41) is 2.88. The highest BCUT2D eigenvalue weighted by atomic mass is 16.5. The summed E-state index contributed by atoms with van der Waals surface area (Å²) >= 11 is 0. The Balaban J connectivity index is 2.54. The van der Waals surface area contributed by atoms with Crippen LogP contribution in [0.2, 0.25) is 0 Å². The second-order valence-corrected chi connectivity index (χ2v) is 3.04. The van der Waals surface area contributed by atoms with Gasteiger partial charge in [-0.05, 0) is 13.8 Å². The number of aldehydes is 1. The molecular formula is C7H11NO3. The van der Waals surface area contributed by atoms with Gasteiger partial charge in [-0.15, -0.1) is 0 Å². The fraction of sp³-hybridized carbons (Fsp3) is 0.714. The van der Waals surface area contributed by atoms with Crippen LogP contribution < -0.4 is 5.32 Å². The Bertz CT molecular complexity index is 188. The van der Waals surface area contributed by atoms with E-state index in [1.807, 2.05) is 13.8 Å². The first-order valence-corrected chi connectivity index (χ1v) is 3.46. The molecule has 0 spiro atoms. The molecule has 1 heterocycles. The van der Waals surface area contributed by atoms with Crippen molar-refractivity contribution < 1.29 is 14.3 Å². The summed E-state index contributed by atoms with van der Waals surface area (Å²) in [4.78, 5) is 20.8. The summed E-state index contributed by atoms with van der Waals surface area (Å²) in [5.74, 6) is -0.449. The second-order valence-electron chi connectivity index (χ2n) is 3.04. The van der Waals surface area contributed by atoms with Crippen LogP contribution in [0.5, 0.6) is 0 Å². The molecule has 1 saturated heterocycles. The molecule has 0 saturated carbocycles. The van der Waals surface area contributed by atoms with Crippen molar-refractivity contribution in [1.29, 1.82) is 0 Å². The number of carbonyl (C=O) groups is 2. The van der Waals surface area contributed by atoms with E-state index in [1.165, 1.54) is 0 Å². The Labute approximate surface area is 64.9 Å². The van der Waals surface area contributed by atoms with E-state index in [2.05, 4.69) is 5.32 Å². The molecule has 1 aliphatic heterocycles. The molecule has 1 aliphatic rings. The van der Waals surface area contributed by atoms with Crippen LogP contribution in [0.3, 0.4) is 0 Å². The number of hydrogen-bond acceptors (Lipinski definition) is 4. The molecule has 62 valence electrons. The van der Waals surface area contributed by atoms with Crippen LogP contribution in [0.1, 0.15) is 13.8 Å². The average Bonchev–Trinajstić information content (AvgIpc) is 2.29. The van der Waals surface area contributed by atoms with Gasteiger partial charge in [0, 0.05) is 0 Å². The molecule has 1 fully saturated rings. The lowest BCUT2D eigenvalue weighted by Gasteiger charge is -2.16. The van der Waals surface area contributed by atoms with Crippen LogP contribution >= 0.6 is 0 Å². The summed E-state index contributed by atoms with van der Waals surface area (Å²) in [6, 6.07) is -0.456. The van der Waals surface area contributed by atoms with Gasteiger partial charge in [0.1, 0.15) is 5.72 Å². The molecule has 1 rings (SSSR count). The Morgan fingerprint density at radius 2 is 2.36 bits per heavy atom. The Morgan fingerprint density at radius 3 is 2.73 bits per heavy atom. The van der Waals surface area contributed by atoms with Crippen LogP contribution in [-0.2, 0) is 14.3 Å². The predicted octanol–water partition coefficient (Wildman–Crippen LogP) is -0.521. The van der Waals surface area contributed by atoms with E-state index in [4.69, 9.17) is 4.74 Å². The van der Waals surface area contributed by atoms with Gasteiger partial charge in [-0.3, -0.25) is 14.9 Å². The van der Waals surface area contributed by atoms with Crippen LogP contribution in [0.25, 0.3) is 0 Å². The lowest BCUT2D eigenvalue weighted by molar-refractivity contribution is -0.131. The largest absolute Gasteiger partial charge is 0.359 e. The number of ketones is 1. The first kappa shape index (κ1) is 8.36. The van der Waals surface area contributed by atoms with Crippen molar-refractivity contribution in [3.05, 3.63) is 0 Å². The number of rotatable bonds is 2. The first-order valence-electron chi connectivity index (χ1n) is 3.46. The molecule has 0 radical (unpaired) electrons. The zero-order valence-corrected chi connectivity index (χ0v) is 6.59. The summed E-state index contributed by atoms with van der Waals surface area (Å²) < 4.78 is 5.19. The second kappa shape index (κ2) is 2.71. The molecular weight excluding hydrogens is 146 g/mol. The summed E-state index contributed by atoms with van der Waals surface area (Å²) in [5.41, 5.74) is -0.483. The zero-order chi connectivity index (χ0) is 8.48. The van der Waals surface area contributed by atoms with Gasteiger partial charge in [0.25, 0.3) is 0 Å². The Morgan fingerprint density at radius 1 is 1.73 bits per heavy atom. The van der Waals surface area contributed by atoms with Crippen molar-refractivity contribution in [2.45, 2.75) is 25.6 Å². The fourth-order valence-electron chi connectivity index (χ4n) is 1.03. The van der Waals surface area contributed by atoms with Crippen LogP contribution in [0, 0.1) is 0 Å². The van der Waals surface area contributed by atoms with E-state index in [1.54, 1.807) is 0 Å². The lowest BCUT2D eigenvalue weighted by Crippen LogP contribution is -2.42. The highest BCUT2D eigenvalue weighted by Crippen LogP contribution is 2.13. The monoisotopic (exact) mass is 157 g/mol. The fourth-order valence-corrected chi connectivity index (χ4v) is 1.03. The van der Waals surface area contributed by atoms with Crippen molar-refractivity contribution >= 4 is 12.1 Å². The molecule has 0 aliphatic carbocycles. The molecule has 1 N–H and O–H groups in total. The minimum absolute atomic E-state index is 0.282. The molecule has 0 aromatic heterocycles. The number of Topliss-reactive ketones (excluding diaryl/α,β-unsaturated/α-hetero) is 1. The van der Waals surface area contributed by atoms with Crippen LogP contribution in [-0.4, -0.2) is 30.4 Å². The predicted molar refractivity (Wildman–Crippen MR) is 38.0 cm³/mol. The van der Waals surface area contributed by atoms with Gasteiger partial charge in [-0.2, -0.15) is 0 Å². The van der Waals surface area contributed by atoms with Gasteiger partial charge < -0.3 is 4.74 Å². The number of ether oxygens (including phenoxy) is 1. The van der Waals surface area contributed by atoms with Crippen molar-refractivity contribution in [2.24, 2.45) is 0 Å². The summed E-state index contributed by atoms with van der Waals surface area (Å²) in [6.45, 7) is 3.90. The van der Waals surface area contributed by atoms with E-state index in [0.717, 1.165) is 0 Å². The van der Waals surface area contributed by atoms with Crippen molar-refractivity contribution in [1.82, 2.24) is 5.32 Å². The Hall–Kier alpha value is -0.740. The maximum Gasteiger partial charge on any atom is 0.214 e. The summed E-state index contributed by atoms with van der Waals surface area (Å²) in [7, 11) is 0. The highest BCUT2D eigenvalue weighted by molar-refractivity contribution is 6.27. The first-order chi connectivity index (χ1) is 5.05. The molecule has 1 unspecified atom stereocenters. The SMILES string of the molecule is CC1(C)NC(C(=O)C=O)CO1. The maximum absolute atomic E-state index is 10.8. The molecule has 0 amide bonds. The van der Waals surface area contributed by atoms with Gasteiger partial charge in [0.05, 0.1) is 12.6 Å². The van der Waals surface area contributed by atoms with E-state index >= 15 is 0 Å². The van der Waals surface area contributed by atoms with Gasteiger partial charge in [-0.25, -0.2) is 0 Å². The third-order valence-corrected chi connectivity index (χ3v) is 1.59. The van der Waals surface area contributed by atoms with Crippen molar-refractivity contribution in [2.75, 3.05) is 6.61 Å². The van der Waals surface area contributed by atoms with E-state index < -0.39 is 17.6 Å². The number of carbonyl (C=O) groups excluding carboxylic acids is 2.